The quantitative estimate of drug-likeness (QED) is 0.268. The average molecular weight is 509 g/mol. The van der Waals surface area contributed by atoms with Crippen LogP contribution in [0.25, 0.3) is 0 Å². The summed E-state index contributed by atoms with van der Waals surface area (Å²) in [5.41, 5.74) is -0.915. The number of hydrogen-bond donors (Lipinski definition) is 2. The summed E-state index contributed by atoms with van der Waals surface area (Å²) in [5, 5.41) is 5.98. The second-order valence-corrected chi connectivity index (χ2v) is 5.78. The van der Waals surface area contributed by atoms with Crippen molar-refractivity contribution in [3.8, 4) is 5.88 Å². The highest BCUT2D eigenvalue weighted by Gasteiger charge is 2.31. The van der Waals surface area contributed by atoms with E-state index in [9.17, 15) is 13.2 Å². The molecule has 1 aliphatic heterocycles. The average Bonchev–Trinajstić information content (AvgIpc) is 3.08. The standard InChI is InChI=1S/C15H20ClF3N4O2.HI/c1-20-14(23-9-11-3-2-5-24-11)21-4-6-25-13-12(16)7-10(8-22-13)15(17,18)19;/h7-8,11H,2-6,9H2,1H3,(H2,20,21,23);1H. The van der Waals surface area contributed by atoms with E-state index in [4.69, 9.17) is 21.1 Å². The lowest BCUT2D eigenvalue weighted by molar-refractivity contribution is -0.137. The van der Waals surface area contributed by atoms with Crippen molar-refractivity contribution in [1.29, 1.82) is 0 Å². The predicted octanol–water partition coefficient (Wildman–Crippen LogP) is 3.09. The Labute approximate surface area is 171 Å². The fourth-order valence-corrected chi connectivity index (χ4v) is 2.46. The molecule has 0 amide bonds. The Hall–Kier alpha value is -1.01. The smallest absolute Gasteiger partial charge is 0.417 e. The molecule has 0 bridgehead atoms. The van der Waals surface area contributed by atoms with Crippen molar-refractivity contribution in [3.05, 3.63) is 22.8 Å². The number of alkyl halides is 3. The molecule has 0 spiro atoms. The van der Waals surface area contributed by atoms with Crippen LogP contribution in [-0.4, -0.2) is 50.4 Å². The van der Waals surface area contributed by atoms with Gasteiger partial charge in [0.05, 0.1) is 18.2 Å². The monoisotopic (exact) mass is 508 g/mol. The maximum atomic E-state index is 12.5. The Balaban J connectivity index is 0.00000338. The van der Waals surface area contributed by atoms with Crippen LogP contribution < -0.4 is 15.4 Å². The predicted molar refractivity (Wildman–Crippen MR) is 103 cm³/mol. The lowest BCUT2D eigenvalue weighted by Crippen LogP contribution is -2.42. The zero-order valence-electron chi connectivity index (χ0n) is 14.1. The summed E-state index contributed by atoms with van der Waals surface area (Å²) < 4.78 is 48.4. The molecular formula is C15H21ClF3IN4O2. The molecule has 1 aromatic rings. The SMILES string of the molecule is CN=C(NCCOc1ncc(C(F)(F)F)cc1Cl)NCC1CCCO1.I. The van der Waals surface area contributed by atoms with E-state index in [0.29, 0.717) is 25.2 Å². The van der Waals surface area contributed by atoms with Gasteiger partial charge in [0.1, 0.15) is 11.6 Å². The van der Waals surface area contributed by atoms with Gasteiger partial charge in [0.15, 0.2) is 5.96 Å². The number of nitrogens with one attached hydrogen (secondary N) is 2. The van der Waals surface area contributed by atoms with Gasteiger partial charge in [0, 0.05) is 26.4 Å². The van der Waals surface area contributed by atoms with E-state index in [1.54, 1.807) is 7.05 Å². The first-order valence-electron chi connectivity index (χ1n) is 7.82. The van der Waals surface area contributed by atoms with Gasteiger partial charge in [-0.1, -0.05) is 11.6 Å². The van der Waals surface area contributed by atoms with Crippen molar-refractivity contribution in [2.45, 2.75) is 25.1 Å². The normalized spacial score (nSPS) is 17.6. The summed E-state index contributed by atoms with van der Waals surface area (Å²) in [6.07, 6.45) is -1.53. The summed E-state index contributed by atoms with van der Waals surface area (Å²) in [7, 11) is 1.64. The summed E-state index contributed by atoms with van der Waals surface area (Å²) in [5.74, 6) is 0.546. The second-order valence-electron chi connectivity index (χ2n) is 5.37. The molecule has 6 nitrogen and oxygen atoms in total. The van der Waals surface area contributed by atoms with Crippen LogP contribution in [0.1, 0.15) is 18.4 Å². The van der Waals surface area contributed by atoms with Crippen molar-refractivity contribution < 1.29 is 22.6 Å². The summed E-state index contributed by atoms with van der Waals surface area (Å²) in [6.45, 7) is 1.99. The van der Waals surface area contributed by atoms with Gasteiger partial charge in [-0.3, -0.25) is 4.99 Å². The fourth-order valence-electron chi connectivity index (χ4n) is 2.24. The summed E-state index contributed by atoms with van der Waals surface area (Å²) in [6, 6.07) is 0.791. The Morgan fingerprint density at radius 1 is 1.46 bits per heavy atom. The number of halogens is 5. The maximum absolute atomic E-state index is 12.5. The number of guanidine groups is 1. The molecule has 2 heterocycles. The topological polar surface area (TPSA) is 67.8 Å². The molecule has 1 aromatic heterocycles. The second kappa shape index (κ2) is 11.0. The van der Waals surface area contributed by atoms with Crippen LogP contribution in [0.2, 0.25) is 5.02 Å². The molecular weight excluding hydrogens is 488 g/mol. The van der Waals surface area contributed by atoms with E-state index in [0.717, 1.165) is 25.5 Å². The molecule has 0 aliphatic carbocycles. The third-order valence-electron chi connectivity index (χ3n) is 3.51. The number of aromatic nitrogens is 1. The molecule has 148 valence electrons. The maximum Gasteiger partial charge on any atom is 0.417 e. The van der Waals surface area contributed by atoms with Crippen LogP contribution in [0.4, 0.5) is 13.2 Å². The van der Waals surface area contributed by atoms with E-state index in [1.165, 1.54) is 0 Å². The molecule has 1 aliphatic rings. The van der Waals surface area contributed by atoms with Crippen molar-refractivity contribution in [1.82, 2.24) is 15.6 Å². The number of pyridine rings is 1. The highest BCUT2D eigenvalue weighted by molar-refractivity contribution is 14.0. The lowest BCUT2D eigenvalue weighted by Gasteiger charge is -2.15. The zero-order valence-corrected chi connectivity index (χ0v) is 17.2. The Kier molecular flexibility index (Phi) is 9.72. The summed E-state index contributed by atoms with van der Waals surface area (Å²) >= 11 is 5.77. The highest BCUT2D eigenvalue weighted by Crippen LogP contribution is 2.32. The Bertz CT molecular complexity index is 599. The van der Waals surface area contributed by atoms with E-state index in [1.807, 2.05) is 0 Å². The lowest BCUT2D eigenvalue weighted by atomic mass is 10.2. The molecule has 11 heteroatoms. The number of nitrogens with zero attached hydrogens (tertiary/aromatic N) is 2. The molecule has 0 radical (unpaired) electrons. The van der Waals surface area contributed by atoms with Crippen LogP contribution in [0, 0.1) is 0 Å². The van der Waals surface area contributed by atoms with Crippen molar-refractivity contribution in [2.24, 2.45) is 4.99 Å². The minimum atomic E-state index is -4.49. The largest absolute Gasteiger partial charge is 0.475 e. The minimum Gasteiger partial charge on any atom is -0.475 e. The number of rotatable bonds is 6. The molecule has 2 rings (SSSR count). The van der Waals surface area contributed by atoms with Gasteiger partial charge in [-0.2, -0.15) is 13.2 Å². The molecule has 1 unspecified atom stereocenters. The molecule has 0 saturated carbocycles. The van der Waals surface area contributed by atoms with Gasteiger partial charge < -0.3 is 20.1 Å². The number of ether oxygens (including phenoxy) is 2. The first-order chi connectivity index (χ1) is 11.9. The van der Waals surface area contributed by atoms with E-state index < -0.39 is 11.7 Å². The van der Waals surface area contributed by atoms with Crippen molar-refractivity contribution >= 4 is 41.5 Å². The van der Waals surface area contributed by atoms with E-state index in [-0.39, 0.29) is 47.6 Å². The van der Waals surface area contributed by atoms with Crippen molar-refractivity contribution in [3.63, 3.8) is 0 Å². The Morgan fingerprint density at radius 3 is 2.81 bits per heavy atom. The minimum absolute atomic E-state index is 0. The zero-order chi connectivity index (χ0) is 18.3. The van der Waals surface area contributed by atoms with Gasteiger partial charge in [0.25, 0.3) is 0 Å². The molecule has 1 atom stereocenters. The molecule has 2 N–H and O–H groups in total. The van der Waals surface area contributed by atoms with Crippen molar-refractivity contribution in [2.75, 3.05) is 33.4 Å². The van der Waals surface area contributed by atoms with Crippen LogP contribution in [0.3, 0.4) is 0 Å². The Morgan fingerprint density at radius 2 is 2.23 bits per heavy atom. The van der Waals surface area contributed by atoms with Gasteiger partial charge in [-0.25, -0.2) is 4.98 Å². The first kappa shape index (κ1) is 23.0. The number of aliphatic imine (C=N–C) groups is 1. The summed E-state index contributed by atoms with van der Waals surface area (Å²) in [4.78, 5) is 7.67. The van der Waals surface area contributed by atoms with Gasteiger partial charge >= 0.3 is 6.18 Å². The first-order valence-corrected chi connectivity index (χ1v) is 8.19. The molecule has 26 heavy (non-hydrogen) atoms. The van der Waals surface area contributed by atoms with Crippen LogP contribution in [-0.2, 0) is 10.9 Å². The van der Waals surface area contributed by atoms with Gasteiger partial charge in [-0.15, -0.1) is 24.0 Å². The van der Waals surface area contributed by atoms with Crippen LogP contribution in [0.5, 0.6) is 5.88 Å². The van der Waals surface area contributed by atoms with Crippen LogP contribution in [0.15, 0.2) is 17.3 Å². The van der Waals surface area contributed by atoms with Crippen LogP contribution >= 0.6 is 35.6 Å². The highest BCUT2D eigenvalue weighted by atomic mass is 127. The fraction of sp³-hybridized carbons (Fsp3) is 0.600. The number of hydrogen-bond acceptors (Lipinski definition) is 4. The van der Waals surface area contributed by atoms with E-state index in [2.05, 4.69) is 20.6 Å². The third kappa shape index (κ3) is 7.31. The molecule has 0 aromatic carbocycles. The molecule has 1 saturated heterocycles. The van der Waals surface area contributed by atoms with Gasteiger partial charge in [-0.05, 0) is 18.9 Å². The van der Waals surface area contributed by atoms with Gasteiger partial charge in [0.2, 0.25) is 5.88 Å². The van der Waals surface area contributed by atoms with E-state index >= 15 is 0 Å². The third-order valence-corrected chi connectivity index (χ3v) is 3.78. The molecule has 1 fully saturated rings.